The topological polar surface area (TPSA) is 29.0 Å². The van der Waals surface area contributed by atoms with E-state index >= 15 is 0 Å². The summed E-state index contributed by atoms with van der Waals surface area (Å²) in [5.74, 6) is 1.75. The molecule has 0 aliphatic heterocycles. The molecule has 1 heterocycles. The van der Waals surface area contributed by atoms with Gasteiger partial charge in [0.05, 0.1) is 0 Å². The fourth-order valence-electron chi connectivity index (χ4n) is 1.69. The smallest absolute Gasteiger partial charge is 0.137 e. The van der Waals surface area contributed by atoms with Crippen LogP contribution in [0.2, 0.25) is 5.15 Å². The summed E-state index contributed by atoms with van der Waals surface area (Å²) in [7, 11) is 2.06. The normalized spacial score (nSPS) is 11.7. The van der Waals surface area contributed by atoms with Crippen LogP contribution in [-0.2, 0) is 5.41 Å². The summed E-state index contributed by atoms with van der Waals surface area (Å²) < 4.78 is 0. The maximum Gasteiger partial charge on any atom is 0.137 e. The third-order valence-corrected chi connectivity index (χ3v) is 3.31. The van der Waals surface area contributed by atoms with Gasteiger partial charge in [-0.3, -0.25) is 0 Å². The number of aromatic nitrogens is 2. The van der Waals surface area contributed by atoms with Crippen LogP contribution in [0.5, 0.6) is 0 Å². The molecule has 0 unspecified atom stereocenters. The fraction of sp³-hybridized carbons (Fsp3) is 0.714. The van der Waals surface area contributed by atoms with Crippen LogP contribution in [0.25, 0.3) is 0 Å². The van der Waals surface area contributed by atoms with E-state index in [0.717, 1.165) is 30.2 Å². The largest absolute Gasteiger partial charge is 0.359 e. The summed E-state index contributed by atoms with van der Waals surface area (Å²) in [6.07, 6.45) is 2.33. The molecule has 0 bridgehead atoms. The quantitative estimate of drug-likeness (QED) is 0.775. The number of hydrogen-bond donors (Lipinski definition) is 0. The van der Waals surface area contributed by atoms with Gasteiger partial charge in [0, 0.05) is 24.6 Å². The van der Waals surface area contributed by atoms with E-state index in [2.05, 4.69) is 49.6 Å². The standard InChI is InChI=1S/C14H24ClN3/c1-7-8-9-18(6)12-10(2)11(15)16-13(17-12)14(3,4)5/h7-9H2,1-6H3. The lowest BCUT2D eigenvalue weighted by molar-refractivity contribution is 0.543. The zero-order valence-electron chi connectivity index (χ0n) is 12.3. The molecule has 1 rings (SSSR count). The molecular formula is C14H24ClN3. The van der Waals surface area contributed by atoms with Crippen LogP contribution in [-0.4, -0.2) is 23.6 Å². The molecule has 4 heteroatoms. The molecule has 0 spiro atoms. The van der Waals surface area contributed by atoms with Crippen molar-refractivity contribution in [2.75, 3.05) is 18.5 Å². The third-order valence-electron chi connectivity index (χ3n) is 2.94. The van der Waals surface area contributed by atoms with Gasteiger partial charge in [0.15, 0.2) is 0 Å². The molecule has 0 aliphatic carbocycles. The first kappa shape index (κ1) is 15.2. The van der Waals surface area contributed by atoms with Crippen LogP contribution >= 0.6 is 11.6 Å². The van der Waals surface area contributed by atoms with E-state index < -0.39 is 0 Å². The summed E-state index contributed by atoms with van der Waals surface area (Å²) in [5.41, 5.74) is 0.876. The van der Waals surface area contributed by atoms with Crippen LogP contribution < -0.4 is 4.90 Å². The van der Waals surface area contributed by atoms with Crippen molar-refractivity contribution in [1.82, 2.24) is 9.97 Å². The molecule has 0 saturated heterocycles. The van der Waals surface area contributed by atoms with Crippen molar-refractivity contribution in [2.45, 2.75) is 52.9 Å². The molecule has 0 saturated carbocycles. The van der Waals surface area contributed by atoms with E-state index in [1.165, 1.54) is 6.42 Å². The highest BCUT2D eigenvalue weighted by molar-refractivity contribution is 6.30. The van der Waals surface area contributed by atoms with Crippen LogP contribution in [0.15, 0.2) is 0 Å². The first-order valence-electron chi connectivity index (χ1n) is 6.53. The van der Waals surface area contributed by atoms with Gasteiger partial charge in [-0.05, 0) is 13.3 Å². The van der Waals surface area contributed by atoms with Gasteiger partial charge in [-0.25, -0.2) is 9.97 Å². The van der Waals surface area contributed by atoms with Crippen molar-refractivity contribution in [1.29, 1.82) is 0 Å². The zero-order chi connectivity index (χ0) is 13.9. The Balaban J connectivity index is 3.14. The number of halogens is 1. The predicted octanol–water partition coefficient (Wildman–Crippen LogP) is 3.97. The van der Waals surface area contributed by atoms with E-state index in [4.69, 9.17) is 11.6 Å². The second kappa shape index (κ2) is 5.87. The van der Waals surface area contributed by atoms with E-state index in [0.29, 0.717) is 5.15 Å². The Morgan fingerprint density at radius 3 is 2.33 bits per heavy atom. The van der Waals surface area contributed by atoms with Crippen molar-refractivity contribution >= 4 is 17.4 Å². The van der Waals surface area contributed by atoms with Crippen LogP contribution in [0.3, 0.4) is 0 Å². The summed E-state index contributed by atoms with van der Waals surface area (Å²) >= 11 is 6.23. The number of anilines is 1. The fourth-order valence-corrected chi connectivity index (χ4v) is 1.85. The predicted molar refractivity (Wildman–Crippen MR) is 78.7 cm³/mol. The summed E-state index contributed by atoms with van der Waals surface area (Å²) in [4.78, 5) is 11.3. The summed E-state index contributed by atoms with van der Waals surface area (Å²) in [5, 5.41) is 0.563. The van der Waals surface area contributed by atoms with Crippen molar-refractivity contribution < 1.29 is 0 Å². The van der Waals surface area contributed by atoms with Gasteiger partial charge in [0.1, 0.15) is 16.8 Å². The van der Waals surface area contributed by atoms with Crippen LogP contribution in [0, 0.1) is 6.92 Å². The Hall–Kier alpha value is -0.830. The molecule has 0 N–H and O–H groups in total. The first-order valence-corrected chi connectivity index (χ1v) is 6.91. The third kappa shape index (κ3) is 3.58. The number of unbranched alkanes of at least 4 members (excludes halogenated alkanes) is 1. The molecule has 0 atom stereocenters. The van der Waals surface area contributed by atoms with Crippen molar-refractivity contribution in [2.24, 2.45) is 0 Å². The SMILES string of the molecule is CCCCN(C)c1nc(C(C)(C)C)nc(Cl)c1C. The second-order valence-corrected chi connectivity index (χ2v) is 6.17. The van der Waals surface area contributed by atoms with Gasteiger partial charge in [-0.2, -0.15) is 0 Å². The molecule has 3 nitrogen and oxygen atoms in total. The Morgan fingerprint density at radius 2 is 1.83 bits per heavy atom. The van der Waals surface area contributed by atoms with Gasteiger partial charge < -0.3 is 4.90 Å². The highest BCUT2D eigenvalue weighted by atomic mass is 35.5. The van der Waals surface area contributed by atoms with Gasteiger partial charge >= 0.3 is 0 Å². The van der Waals surface area contributed by atoms with Gasteiger partial charge in [0.25, 0.3) is 0 Å². The molecule has 1 aromatic rings. The molecule has 0 aliphatic rings. The lowest BCUT2D eigenvalue weighted by atomic mass is 9.95. The van der Waals surface area contributed by atoms with Gasteiger partial charge in [-0.1, -0.05) is 45.7 Å². The van der Waals surface area contributed by atoms with E-state index in [9.17, 15) is 0 Å². The Morgan fingerprint density at radius 1 is 1.22 bits per heavy atom. The maximum absolute atomic E-state index is 6.23. The minimum Gasteiger partial charge on any atom is -0.359 e. The number of rotatable bonds is 4. The van der Waals surface area contributed by atoms with Crippen LogP contribution in [0.4, 0.5) is 5.82 Å². The average molecular weight is 270 g/mol. The molecule has 18 heavy (non-hydrogen) atoms. The van der Waals surface area contributed by atoms with E-state index in [1.54, 1.807) is 0 Å². The van der Waals surface area contributed by atoms with Gasteiger partial charge in [0.2, 0.25) is 0 Å². The molecule has 0 aromatic carbocycles. The first-order chi connectivity index (χ1) is 8.27. The Kier molecular flexibility index (Phi) is 4.97. The van der Waals surface area contributed by atoms with Crippen molar-refractivity contribution in [3.8, 4) is 0 Å². The summed E-state index contributed by atoms with van der Waals surface area (Å²) in [6.45, 7) is 11.5. The minimum atomic E-state index is -0.0856. The number of hydrogen-bond acceptors (Lipinski definition) is 3. The Labute approximate surface area is 116 Å². The molecule has 0 fully saturated rings. The van der Waals surface area contributed by atoms with E-state index in [-0.39, 0.29) is 5.41 Å². The minimum absolute atomic E-state index is 0.0856. The summed E-state index contributed by atoms with van der Waals surface area (Å²) in [6, 6.07) is 0. The monoisotopic (exact) mass is 269 g/mol. The second-order valence-electron chi connectivity index (χ2n) is 5.81. The lowest BCUT2D eigenvalue weighted by Crippen LogP contribution is -2.24. The molecule has 102 valence electrons. The highest BCUT2D eigenvalue weighted by Crippen LogP contribution is 2.27. The average Bonchev–Trinajstić information content (AvgIpc) is 2.27. The molecule has 1 aromatic heterocycles. The molecule has 0 radical (unpaired) electrons. The van der Waals surface area contributed by atoms with Crippen molar-refractivity contribution in [3.63, 3.8) is 0 Å². The molecular weight excluding hydrogens is 246 g/mol. The maximum atomic E-state index is 6.23. The highest BCUT2D eigenvalue weighted by Gasteiger charge is 2.21. The molecule has 0 amide bonds. The lowest BCUT2D eigenvalue weighted by Gasteiger charge is -2.24. The Bertz CT molecular complexity index is 410. The van der Waals surface area contributed by atoms with Crippen LogP contribution in [0.1, 0.15) is 51.9 Å². The van der Waals surface area contributed by atoms with Gasteiger partial charge in [-0.15, -0.1) is 0 Å². The number of nitrogens with zero attached hydrogens (tertiary/aromatic N) is 3. The zero-order valence-corrected chi connectivity index (χ0v) is 13.1. The van der Waals surface area contributed by atoms with E-state index in [1.807, 2.05) is 6.92 Å². The van der Waals surface area contributed by atoms with Crippen molar-refractivity contribution in [3.05, 3.63) is 16.5 Å².